The second kappa shape index (κ2) is 10.8. The van der Waals surface area contributed by atoms with E-state index in [-0.39, 0.29) is 51.8 Å². The van der Waals surface area contributed by atoms with Gasteiger partial charge in [0.05, 0.1) is 50.3 Å². The summed E-state index contributed by atoms with van der Waals surface area (Å²) in [6.45, 7) is 0. The fraction of sp³-hybridized carbons (Fsp3) is 0. The van der Waals surface area contributed by atoms with E-state index in [1.54, 1.807) is 6.20 Å². The monoisotopic (exact) mass is 658 g/mol. The third-order valence-corrected chi connectivity index (χ3v) is 9.93. The van der Waals surface area contributed by atoms with Gasteiger partial charge in [-0.25, -0.2) is 4.98 Å². The van der Waals surface area contributed by atoms with Crippen LogP contribution in [0.2, 0.25) is 0 Å². The summed E-state index contributed by atoms with van der Waals surface area (Å²) >= 11 is 0. The van der Waals surface area contributed by atoms with Gasteiger partial charge in [-0.1, -0.05) is 121 Å². The van der Waals surface area contributed by atoms with Gasteiger partial charge in [0, 0.05) is 43.7 Å². The summed E-state index contributed by atoms with van der Waals surface area (Å²) in [5.41, 5.74) is 8.06. The van der Waals surface area contributed by atoms with E-state index in [0.717, 1.165) is 66.1 Å². The summed E-state index contributed by atoms with van der Waals surface area (Å²) in [7, 11) is 0. The maximum Gasteiger partial charge on any atom is 0.138 e. The summed E-state index contributed by atoms with van der Waals surface area (Å²) in [6.07, 6.45) is 1.72. The predicted molar refractivity (Wildman–Crippen MR) is 213 cm³/mol. The quantitative estimate of drug-likeness (QED) is 0.185. The van der Waals surface area contributed by atoms with E-state index in [9.17, 15) is 0 Å². The predicted octanol–water partition coefficient (Wildman–Crippen LogP) is 12.0. The van der Waals surface area contributed by atoms with Crippen LogP contribution in [0.15, 0.2) is 182 Å². The first-order valence-electron chi connectivity index (χ1n) is 20.7. The van der Waals surface area contributed by atoms with Crippen LogP contribution in [0.5, 0.6) is 0 Å². The normalized spacial score (nSPS) is 14.1. The van der Waals surface area contributed by atoms with Gasteiger partial charge >= 0.3 is 0 Å². The van der Waals surface area contributed by atoms with Crippen molar-refractivity contribution >= 4 is 65.4 Å². The molecular formula is C47H30N4. The zero-order chi connectivity index (χ0) is 40.4. The molecule has 4 heterocycles. The van der Waals surface area contributed by atoms with Gasteiger partial charge in [-0.05, 0) is 65.7 Å². The van der Waals surface area contributed by atoms with Crippen molar-refractivity contribution in [2.45, 2.75) is 0 Å². The third-order valence-electron chi connectivity index (χ3n) is 9.93. The van der Waals surface area contributed by atoms with Crippen molar-refractivity contribution in [1.82, 2.24) is 18.7 Å². The minimum absolute atomic E-state index is 0.0142. The Balaban J connectivity index is 1.18. The molecule has 0 aliphatic heterocycles. The van der Waals surface area contributed by atoms with Gasteiger partial charge < -0.3 is 9.13 Å². The highest BCUT2D eigenvalue weighted by molar-refractivity contribution is 6.13. The summed E-state index contributed by atoms with van der Waals surface area (Å²) in [4.78, 5) is 4.91. The van der Waals surface area contributed by atoms with Crippen LogP contribution in [-0.4, -0.2) is 18.7 Å². The van der Waals surface area contributed by atoms with Crippen molar-refractivity contribution in [1.29, 1.82) is 0 Å². The van der Waals surface area contributed by atoms with E-state index in [4.69, 9.17) is 16.0 Å². The van der Waals surface area contributed by atoms with E-state index < -0.39 is 24.2 Å². The summed E-state index contributed by atoms with van der Waals surface area (Å²) < 4.78 is 75.5. The Hall–Kier alpha value is -6.91. The van der Waals surface area contributed by atoms with Gasteiger partial charge in [0.25, 0.3) is 0 Å². The number of fused-ring (bicyclic) bond motifs is 9. The number of aromatic nitrogens is 4. The average Bonchev–Trinajstić information content (AvgIpc) is 3.92. The number of rotatable bonds is 4. The lowest BCUT2D eigenvalue weighted by molar-refractivity contribution is 1.08. The molecule has 0 unspecified atom stereocenters. The Labute approximate surface area is 304 Å². The number of pyridine rings is 1. The molecule has 0 radical (unpaired) electrons. The number of nitrogens with zero attached hydrogens (tertiary/aromatic N) is 4. The first kappa shape index (κ1) is 21.2. The van der Waals surface area contributed by atoms with Gasteiger partial charge in [-0.2, -0.15) is 0 Å². The summed E-state index contributed by atoms with van der Waals surface area (Å²) in [6, 6.07) is 40.2. The van der Waals surface area contributed by atoms with Crippen LogP contribution >= 0.6 is 0 Å². The van der Waals surface area contributed by atoms with E-state index in [1.807, 2.05) is 48.5 Å². The SMILES string of the molecule is [2H]c1c([2H])c([2H])c2c(c1[2H])c1c([2H])c([2H])c([2H])c([2H])c1n2-c1cc2c3ccccc3n(-c3ccc4c5ccccc5n(-c5cccc(-c6ccccc6)c5)c4c3)c2cn1. The fourth-order valence-electron chi connectivity index (χ4n) is 7.74. The second-order valence-electron chi connectivity index (χ2n) is 12.7. The van der Waals surface area contributed by atoms with Crippen LogP contribution < -0.4 is 0 Å². The van der Waals surface area contributed by atoms with Gasteiger partial charge in [-0.3, -0.25) is 4.57 Å². The molecule has 0 spiro atoms. The molecule has 4 heteroatoms. The van der Waals surface area contributed by atoms with Gasteiger partial charge in [0.1, 0.15) is 5.82 Å². The largest absolute Gasteiger partial charge is 0.309 e. The Kier molecular flexibility index (Phi) is 4.49. The number of hydrogen-bond donors (Lipinski definition) is 0. The molecule has 4 aromatic heterocycles. The van der Waals surface area contributed by atoms with Crippen molar-refractivity contribution in [3.63, 3.8) is 0 Å². The fourth-order valence-corrected chi connectivity index (χ4v) is 7.74. The van der Waals surface area contributed by atoms with Crippen molar-refractivity contribution in [3.8, 4) is 28.3 Å². The molecule has 4 nitrogen and oxygen atoms in total. The molecule has 0 saturated carbocycles. The Bertz CT molecular complexity index is 3530. The lowest BCUT2D eigenvalue weighted by Gasteiger charge is -2.12. The van der Waals surface area contributed by atoms with E-state index >= 15 is 0 Å². The van der Waals surface area contributed by atoms with Gasteiger partial charge in [0.15, 0.2) is 0 Å². The Morgan fingerprint density at radius 2 is 0.961 bits per heavy atom. The van der Waals surface area contributed by atoms with Crippen LogP contribution in [-0.2, 0) is 0 Å². The first-order valence-corrected chi connectivity index (χ1v) is 16.7. The Morgan fingerprint density at radius 3 is 1.71 bits per heavy atom. The van der Waals surface area contributed by atoms with Gasteiger partial charge in [-0.15, -0.1) is 0 Å². The van der Waals surface area contributed by atoms with Crippen LogP contribution in [0.25, 0.3) is 93.7 Å². The highest BCUT2D eigenvalue weighted by atomic mass is 15.1. The maximum absolute atomic E-state index is 8.99. The molecule has 0 aliphatic carbocycles. The number of para-hydroxylation sites is 4. The minimum atomic E-state index is -0.486. The van der Waals surface area contributed by atoms with E-state index in [0.29, 0.717) is 0 Å². The molecule has 0 N–H and O–H groups in total. The standard InChI is InChI=1S/C47H30N4/c1-2-13-31(14-3-1)32-15-12-16-33(27-32)49-41-21-8-4-19-37(41)39-26-25-34(28-45(39)49)50-42-22-9-7-20-38(42)40-29-47(48-30-46(40)50)51-43-23-10-5-17-35(43)36-18-6-11-24-44(36)51/h1-30H/i5D,6D,10D,11D,17D,18D,23D,24D. The van der Waals surface area contributed by atoms with Crippen LogP contribution in [0.3, 0.4) is 0 Å². The lowest BCUT2D eigenvalue weighted by Crippen LogP contribution is -1.99. The molecule has 0 amide bonds. The number of hydrogen-bond acceptors (Lipinski definition) is 1. The molecule has 51 heavy (non-hydrogen) atoms. The topological polar surface area (TPSA) is 27.7 Å². The van der Waals surface area contributed by atoms with E-state index in [2.05, 4.69) is 88.0 Å². The van der Waals surface area contributed by atoms with Crippen molar-refractivity contribution < 1.29 is 11.0 Å². The maximum atomic E-state index is 8.99. The highest BCUT2D eigenvalue weighted by Gasteiger charge is 2.19. The molecule has 0 aliphatic rings. The zero-order valence-electron chi connectivity index (χ0n) is 35.0. The summed E-state index contributed by atoms with van der Waals surface area (Å²) in [5.74, 6) is 0.254. The second-order valence-corrected chi connectivity index (χ2v) is 12.7. The highest BCUT2D eigenvalue weighted by Crippen LogP contribution is 2.39. The number of benzene rings is 7. The van der Waals surface area contributed by atoms with Gasteiger partial charge in [0.2, 0.25) is 0 Å². The Morgan fingerprint density at radius 1 is 0.373 bits per heavy atom. The average molecular weight is 659 g/mol. The van der Waals surface area contributed by atoms with Crippen molar-refractivity contribution in [2.24, 2.45) is 0 Å². The molecule has 11 rings (SSSR count). The van der Waals surface area contributed by atoms with Crippen LogP contribution in [0, 0.1) is 0 Å². The van der Waals surface area contributed by atoms with Crippen molar-refractivity contribution in [2.75, 3.05) is 0 Å². The van der Waals surface area contributed by atoms with Crippen molar-refractivity contribution in [3.05, 3.63) is 182 Å². The smallest absolute Gasteiger partial charge is 0.138 e. The van der Waals surface area contributed by atoms with E-state index in [1.165, 1.54) is 4.57 Å². The third kappa shape index (κ3) is 4.11. The van der Waals surface area contributed by atoms with Crippen LogP contribution in [0.1, 0.15) is 11.0 Å². The minimum Gasteiger partial charge on any atom is -0.309 e. The molecule has 7 aromatic carbocycles. The summed E-state index contributed by atoms with van der Waals surface area (Å²) in [5, 5.41) is 3.98. The molecule has 0 atom stereocenters. The zero-order valence-corrected chi connectivity index (χ0v) is 27.0. The molecular weight excluding hydrogens is 621 g/mol. The molecule has 0 saturated heterocycles. The lowest BCUT2D eigenvalue weighted by atomic mass is 10.1. The molecule has 0 fully saturated rings. The molecule has 11 aromatic rings. The van der Waals surface area contributed by atoms with Crippen LogP contribution in [0.4, 0.5) is 0 Å². The first-order chi connectivity index (χ1) is 28.6. The molecule has 238 valence electrons. The molecule has 0 bridgehead atoms.